The first-order valence-corrected chi connectivity index (χ1v) is 8.40. The van der Waals surface area contributed by atoms with Crippen molar-refractivity contribution < 1.29 is 9.53 Å². The van der Waals surface area contributed by atoms with Crippen LogP contribution in [0.4, 0.5) is 0 Å². The van der Waals surface area contributed by atoms with Crippen molar-refractivity contribution in [3.63, 3.8) is 0 Å². The van der Waals surface area contributed by atoms with Crippen LogP contribution in [-0.2, 0) is 11.3 Å². The van der Waals surface area contributed by atoms with E-state index >= 15 is 0 Å². The Balaban J connectivity index is 1.81. The third kappa shape index (κ3) is 3.59. The average molecular weight is 350 g/mol. The highest BCUT2D eigenvalue weighted by atomic mass is 16.5. The second-order valence-electron chi connectivity index (χ2n) is 6.18. The Morgan fingerprint density at radius 1 is 1.19 bits per heavy atom. The molecule has 0 bridgehead atoms. The number of aryl methyl sites for hydroxylation is 2. The Labute approximate surface area is 152 Å². The number of nitrogens with zero attached hydrogens (tertiary/aromatic N) is 3. The van der Waals surface area contributed by atoms with Gasteiger partial charge < -0.3 is 4.74 Å². The zero-order valence-electron chi connectivity index (χ0n) is 15.4. The van der Waals surface area contributed by atoms with Gasteiger partial charge in [-0.1, -0.05) is 24.3 Å². The number of rotatable bonds is 5. The average Bonchev–Trinajstić information content (AvgIpc) is 2.95. The fourth-order valence-electron chi connectivity index (χ4n) is 2.98. The van der Waals surface area contributed by atoms with E-state index < -0.39 is 0 Å². The van der Waals surface area contributed by atoms with Gasteiger partial charge >= 0.3 is 0 Å². The highest BCUT2D eigenvalue weighted by Gasteiger charge is 2.10. The van der Waals surface area contributed by atoms with Crippen molar-refractivity contribution in [1.82, 2.24) is 15.2 Å². The van der Waals surface area contributed by atoms with Gasteiger partial charge in [0.2, 0.25) is 0 Å². The molecular weight excluding hydrogens is 328 g/mol. The Morgan fingerprint density at radius 3 is 2.58 bits per heavy atom. The van der Waals surface area contributed by atoms with Crippen LogP contribution in [0.1, 0.15) is 23.9 Å². The molecule has 134 valence electrons. The van der Waals surface area contributed by atoms with E-state index in [0.717, 1.165) is 39.2 Å². The summed E-state index contributed by atoms with van der Waals surface area (Å²) >= 11 is 0. The van der Waals surface area contributed by atoms with Crippen molar-refractivity contribution in [2.75, 3.05) is 7.11 Å². The molecule has 0 saturated carbocycles. The van der Waals surface area contributed by atoms with Crippen LogP contribution in [-0.4, -0.2) is 28.5 Å². The summed E-state index contributed by atoms with van der Waals surface area (Å²) in [5, 5.41) is 10.6. The topological polar surface area (TPSA) is 68.5 Å². The summed E-state index contributed by atoms with van der Waals surface area (Å²) in [6.45, 7) is 5.83. The second kappa shape index (κ2) is 7.39. The van der Waals surface area contributed by atoms with Crippen LogP contribution in [0.2, 0.25) is 0 Å². The molecule has 6 nitrogen and oxygen atoms in total. The van der Waals surface area contributed by atoms with Crippen molar-refractivity contribution in [3.05, 3.63) is 59.4 Å². The smallest absolute Gasteiger partial charge is 0.261 e. The summed E-state index contributed by atoms with van der Waals surface area (Å²) in [5.74, 6) is 0.596. The molecule has 0 unspecified atom stereocenters. The van der Waals surface area contributed by atoms with Gasteiger partial charge in [0, 0.05) is 16.6 Å². The van der Waals surface area contributed by atoms with Gasteiger partial charge in [-0.05, 0) is 44.4 Å². The third-order valence-corrected chi connectivity index (χ3v) is 4.24. The molecule has 0 spiro atoms. The van der Waals surface area contributed by atoms with Gasteiger partial charge in [0.25, 0.3) is 5.91 Å². The molecule has 0 fully saturated rings. The number of carbonyl (C=O) groups is 1. The van der Waals surface area contributed by atoms with Crippen LogP contribution in [0, 0.1) is 13.8 Å². The maximum atomic E-state index is 12.2. The molecule has 3 aromatic rings. The van der Waals surface area contributed by atoms with Crippen molar-refractivity contribution in [2.45, 2.75) is 27.3 Å². The Kier molecular flexibility index (Phi) is 5.02. The number of methoxy groups -OCH3 is 1. The number of hydrogen-bond acceptors (Lipinski definition) is 4. The normalized spacial score (nSPS) is 11.6. The van der Waals surface area contributed by atoms with E-state index in [0.29, 0.717) is 0 Å². The molecule has 1 aromatic heterocycles. The van der Waals surface area contributed by atoms with Crippen molar-refractivity contribution in [3.8, 4) is 5.75 Å². The maximum Gasteiger partial charge on any atom is 0.261 e. The predicted molar refractivity (Wildman–Crippen MR) is 103 cm³/mol. The number of fused-ring (bicyclic) bond motifs is 1. The van der Waals surface area contributed by atoms with Crippen molar-refractivity contribution in [2.24, 2.45) is 5.10 Å². The standard InChI is InChI=1S/C20H22N4O2/c1-13-11-14(2)24(23-13)12-20(25)22-21-15(3)16-9-10-19(26-4)18-8-6-5-7-17(16)18/h5-11H,12H2,1-4H3,(H,22,25)/b21-15-. The van der Waals surface area contributed by atoms with Gasteiger partial charge in [-0.25, -0.2) is 5.43 Å². The van der Waals surface area contributed by atoms with E-state index in [-0.39, 0.29) is 12.5 Å². The molecule has 0 aliphatic carbocycles. The van der Waals surface area contributed by atoms with E-state index in [4.69, 9.17) is 4.74 Å². The van der Waals surface area contributed by atoms with Gasteiger partial charge in [0.05, 0.1) is 18.5 Å². The molecule has 1 heterocycles. The molecular formula is C20H22N4O2. The van der Waals surface area contributed by atoms with Gasteiger partial charge in [-0.3, -0.25) is 9.48 Å². The van der Waals surface area contributed by atoms with Crippen LogP contribution < -0.4 is 10.2 Å². The molecule has 0 radical (unpaired) electrons. The SMILES string of the molecule is COc1ccc(/C(C)=N\NC(=O)Cn2nc(C)cc2C)c2ccccc12. The molecule has 0 saturated heterocycles. The van der Waals surface area contributed by atoms with E-state index in [1.807, 2.05) is 63.2 Å². The Morgan fingerprint density at radius 2 is 1.92 bits per heavy atom. The van der Waals surface area contributed by atoms with Crippen LogP contribution in [0.15, 0.2) is 47.6 Å². The number of amides is 1. The zero-order chi connectivity index (χ0) is 18.7. The van der Waals surface area contributed by atoms with Crippen molar-refractivity contribution >= 4 is 22.4 Å². The largest absolute Gasteiger partial charge is 0.496 e. The summed E-state index contributed by atoms with van der Waals surface area (Å²) in [5.41, 5.74) is 6.13. The quantitative estimate of drug-likeness (QED) is 0.567. The zero-order valence-corrected chi connectivity index (χ0v) is 15.4. The molecule has 0 atom stereocenters. The monoisotopic (exact) mass is 350 g/mol. The lowest BCUT2D eigenvalue weighted by molar-refractivity contribution is -0.121. The highest BCUT2D eigenvalue weighted by molar-refractivity contribution is 6.11. The fourth-order valence-corrected chi connectivity index (χ4v) is 2.98. The number of nitrogens with one attached hydrogen (secondary N) is 1. The number of aromatic nitrogens is 2. The first kappa shape index (κ1) is 17.7. The summed E-state index contributed by atoms with van der Waals surface area (Å²) < 4.78 is 7.09. The first-order chi connectivity index (χ1) is 12.5. The summed E-state index contributed by atoms with van der Waals surface area (Å²) in [4.78, 5) is 12.2. The summed E-state index contributed by atoms with van der Waals surface area (Å²) in [6, 6.07) is 13.8. The van der Waals surface area contributed by atoms with E-state index in [1.54, 1.807) is 11.8 Å². The molecule has 2 aromatic carbocycles. The predicted octanol–water partition coefficient (Wildman–Crippen LogP) is 3.20. The van der Waals surface area contributed by atoms with E-state index in [1.165, 1.54) is 0 Å². The number of benzene rings is 2. The minimum absolute atomic E-state index is 0.139. The molecule has 26 heavy (non-hydrogen) atoms. The molecule has 0 aliphatic rings. The Bertz CT molecular complexity index is 989. The van der Waals surface area contributed by atoms with Gasteiger partial charge in [0.1, 0.15) is 12.3 Å². The number of hydrazone groups is 1. The van der Waals surface area contributed by atoms with Gasteiger partial charge in [-0.15, -0.1) is 0 Å². The lowest BCUT2D eigenvalue weighted by Gasteiger charge is -2.10. The lowest BCUT2D eigenvalue weighted by atomic mass is 10.0. The van der Waals surface area contributed by atoms with Crippen LogP contribution in [0.5, 0.6) is 5.75 Å². The molecule has 1 N–H and O–H groups in total. The second-order valence-corrected chi connectivity index (χ2v) is 6.18. The molecule has 0 aliphatic heterocycles. The lowest BCUT2D eigenvalue weighted by Crippen LogP contribution is -2.25. The van der Waals surface area contributed by atoms with Gasteiger partial charge in [-0.2, -0.15) is 10.2 Å². The summed E-state index contributed by atoms with van der Waals surface area (Å²) in [6.07, 6.45) is 0. The molecule has 3 rings (SSSR count). The minimum atomic E-state index is -0.214. The number of ether oxygens (including phenoxy) is 1. The molecule has 1 amide bonds. The highest BCUT2D eigenvalue weighted by Crippen LogP contribution is 2.28. The number of hydrogen-bond donors (Lipinski definition) is 1. The fraction of sp³-hybridized carbons (Fsp3) is 0.250. The van der Waals surface area contributed by atoms with Gasteiger partial charge in [0.15, 0.2) is 0 Å². The third-order valence-electron chi connectivity index (χ3n) is 4.24. The molecule has 6 heteroatoms. The van der Waals surface area contributed by atoms with E-state index in [2.05, 4.69) is 15.6 Å². The van der Waals surface area contributed by atoms with Crippen LogP contribution >= 0.6 is 0 Å². The van der Waals surface area contributed by atoms with Crippen molar-refractivity contribution in [1.29, 1.82) is 0 Å². The minimum Gasteiger partial charge on any atom is -0.496 e. The maximum absolute atomic E-state index is 12.2. The first-order valence-electron chi connectivity index (χ1n) is 8.40. The van der Waals surface area contributed by atoms with Crippen LogP contribution in [0.3, 0.4) is 0 Å². The van der Waals surface area contributed by atoms with E-state index in [9.17, 15) is 4.79 Å². The Hall–Kier alpha value is -3.15. The van der Waals surface area contributed by atoms with Crippen LogP contribution in [0.25, 0.3) is 10.8 Å². The number of carbonyl (C=O) groups excluding carboxylic acids is 1. The summed E-state index contributed by atoms with van der Waals surface area (Å²) in [7, 11) is 1.65.